The average Bonchev–Trinajstić information content (AvgIpc) is 3.29. The van der Waals surface area contributed by atoms with E-state index in [4.69, 9.17) is 15.2 Å². The van der Waals surface area contributed by atoms with Gasteiger partial charge in [0.15, 0.2) is 5.82 Å². The third-order valence-electron chi connectivity index (χ3n) is 5.43. The first-order chi connectivity index (χ1) is 14.1. The zero-order valence-electron chi connectivity index (χ0n) is 15.9. The Hall–Kier alpha value is -3.19. The summed E-state index contributed by atoms with van der Waals surface area (Å²) in [4.78, 5) is 18.8. The summed E-state index contributed by atoms with van der Waals surface area (Å²) < 4.78 is 5.00. The number of carbonyl (C=O) groups excluding carboxylic acids is 1. The van der Waals surface area contributed by atoms with E-state index in [0.29, 0.717) is 28.1 Å². The number of pyridine rings is 1. The molecule has 1 aliphatic rings. The second-order valence-electron chi connectivity index (χ2n) is 7.42. The van der Waals surface area contributed by atoms with Crippen LogP contribution in [-0.2, 0) is 12.8 Å². The van der Waals surface area contributed by atoms with Crippen molar-refractivity contribution in [1.29, 1.82) is 0 Å². The van der Waals surface area contributed by atoms with Crippen LogP contribution in [0.25, 0.3) is 10.2 Å². The van der Waals surface area contributed by atoms with E-state index >= 15 is 0 Å². The van der Waals surface area contributed by atoms with E-state index in [9.17, 15) is 4.79 Å². The van der Waals surface area contributed by atoms with Gasteiger partial charge in [-0.05, 0) is 49.3 Å². The van der Waals surface area contributed by atoms with Crippen LogP contribution in [0.4, 0.5) is 11.5 Å². The van der Waals surface area contributed by atoms with Crippen LogP contribution in [0.15, 0.2) is 47.0 Å². The molecule has 0 radical (unpaired) electrons. The summed E-state index contributed by atoms with van der Waals surface area (Å²) in [5.74, 6) is 1.20. The predicted octanol–water partition coefficient (Wildman–Crippen LogP) is 4.70. The van der Waals surface area contributed by atoms with Crippen molar-refractivity contribution in [3.05, 3.63) is 69.9 Å². The normalized spacial score (nSPS) is 16.0. The minimum absolute atomic E-state index is 0.293. The second-order valence-corrected chi connectivity index (χ2v) is 8.42. The number of nitrogen functional groups attached to an aromatic ring is 1. The summed E-state index contributed by atoms with van der Waals surface area (Å²) in [6.07, 6.45) is 2.95. The Balaban J connectivity index is 1.46. The molecule has 5 rings (SSSR count). The number of benzene rings is 1. The van der Waals surface area contributed by atoms with Crippen LogP contribution in [-0.4, -0.2) is 16.0 Å². The highest BCUT2D eigenvalue weighted by Crippen LogP contribution is 2.38. The predicted molar refractivity (Wildman–Crippen MR) is 114 cm³/mol. The van der Waals surface area contributed by atoms with Crippen LogP contribution in [0.3, 0.4) is 0 Å². The van der Waals surface area contributed by atoms with Gasteiger partial charge in [0.1, 0.15) is 15.5 Å². The maximum atomic E-state index is 12.7. The number of amides is 1. The number of anilines is 2. The zero-order chi connectivity index (χ0) is 20.0. The topological polar surface area (TPSA) is 94.0 Å². The molecule has 0 aliphatic heterocycles. The van der Waals surface area contributed by atoms with E-state index in [2.05, 4.69) is 40.8 Å². The summed E-state index contributed by atoms with van der Waals surface area (Å²) in [7, 11) is 0. The number of aromatic nitrogens is 2. The van der Waals surface area contributed by atoms with Crippen molar-refractivity contribution in [2.45, 2.75) is 32.1 Å². The van der Waals surface area contributed by atoms with Crippen LogP contribution in [0, 0.1) is 6.92 Å². The standard InChI is InChI=1S/C22H20N4O2S/c1-12-9-18(26-28-12)25-21(27)20-19(23)16-11-15-10-14(13-5-3-2-4-6-13)7-8-17(15)24-22(16)29-20/h2-6,9,11,14H,7-8,10,23H2,1H3,(H,25,26,27). The third kappa shape index (κ3) is 3.27. The lowest BCUT2D eigenvalue weighted by Gasteiger charge is -2.24. The molecule has 0 spiro atoms. The van der Waals surface area contributed by atoms with Crippen LogP contribution in [0.1, 0.15) is 44.6 Å². The molecule has 1 aliphatic carbocycles. The number of thiophene rings is 1. The molecular weight excluding hydrogens is 384 g/mol. The van der Waals surface area contributed by atoms with Gasteiger partial charge >= 0.3 is 0 Å². The average molecular weight is 404 g/mol. The number of hydrogen-bond acceptors (Lipinski definition) is 6. The van der Waals surface area contributed by atoms with E-state index in [1.54, 1.807) is 13.0 Å². The molecule has 146 valence electrons. The number of carbonyl (C=O) groups is 1. The number of rotatable bonds is 3. The number of nitrogens with two attached hydrogens (primary N) is 1. The SMILES string of the molecule is Cc1cc(NC(=O)c2sc3nc4c(cc3c2N)CC(c2ccccc2)CC4)no1. The summed E-state index contributed by atoms with van der Waals surface area (Å²) in [6, 6.07) is 14.4. The monoisotopic (exact) mass is 404 g/mol. The van der Waals surface area contributed by atoms with E-state index in [1.807, 2.05) is 6.07 Å². The van der Waals surface area contributed by atoms with Crippen molar-refractivity contribution in [3.8, 4) is 0 Å². The van der Waals surface area contributed by atoms with E-state index < -0.39 is 0 Å². The lowest BCUT2D eigenvalue weighted by atomic mass is 9.82. The minimum Gasteiger partial charge on any atom is -0.397 e. The smallest absolute Gasteiger partial charge is 0.269 e. The van der Waals surface area contributed by atoms with Gasteiger partial charge < -0.3 is 15.6 Å². The number of aryl methyl sites for hydroxylation is 2. The molecule has 3 N–H and O–H groups in total. The van der Waals surface area contributed by atoms with Gasteiger partial charge in [-0.25, -0.2) is 4.98 Å². The molecule has 1 unspecified atom stereocenters. The molecule has 1 aromatic carbocycles. The fourth-order valence-corrected chi connectivity index (χ4v) is 4.96. The second kappa shape index (κ2) is 7.00. The fraction of sp³-hybridized carbons (Fsp3) is 0.227. The third-order valence-corrected chi connectivity index (χ3v) is 6.55. The summed E-state index contributed by atoms with van der Waals surface area (Å²) in [5.41, 5.74) is 10.5. The van der Waals surface area contributed by atoms with Crippen molar-refractivity contribution in [2.75, 3.05) is 11.1 Å². The Kier molecular flexibility index (Phi) is 4.32. The Bertz CT molecular complexity index is 1210. The molecule has 3 heterocycles. The van der Waals surface area contributed by atoms with E-state index in [-0.39, 0.29) is 5.91 Å². The van der Waals surface area contributed by atoms with Crippen molar-refractivity contribution >= 4 is 39.0 Å². The summed E-state index contributed by atoms with van der Waals surface area (Å²) >= 11 is 1.32. The molecule has 4 aromatic rings. The molecule has 1 atom stereocenters. The van der Waals surface area contributed by atoms with Crippen molar-refractivity contribution in [1.82, 2.24) is 10.1 Å². The Labute approximate surface area is 171 Å². The lowest BCUT2D eigenvalue weighted by molar-refractivity contribution is 0.103. The maximum absolute atomic E-state index is 12.7. The first-order valence-corrected chi connectivity index (χ1v) is 10.4. The van der Waals surface area contributed by atoms with Gasteiger partial charge in [-0.15, -0.1) is 11.3 Å². The highest BCUT2D eigenvalue weighted by atomic mass is 32.1. The molecule has 6 nitrogen and oxygen atoms in total. The molecule has 1 amide bonds. The number of hydrogen-bond donors (Lipinski definition) is 2. The van der Waals surface area contributed by atoms with Gasteiger partial charge in [0.25, 0.3) is 5.91 Å². The molecule has 0 bridgehead atoms. The largest absolute Gasteiger partial charge is 0.397 e. The van der Waals surface area contributed by atoms with Gasteiger partial charge in [-0.2, -0.15) is 0 Å². The molecule has 0 fully saturated rings. The van der Waals surface area contributed by atoms with Crippen LogP contribution in [0.2, 0.25) is 0 Å². The van der Waals surface area contributed by atoms with Crippen LogP contribution in [0.5, 0.6) is 0 Å². The van der Waals surface area contributed by atoms with Gasteiger partial charge in [-0.3, -0.25) is 4.79 Å². The minimum atomic E-state index is -0.293. The molecule has 29 heavy (non-hydrogen) atoms. The van der Waals surface area contributed by atoms with E-state index in [0.717, 1.165) is 35.2 Å². The van der Waals surface area contributed by atoms with Gasteiger partial charge in [0.05, 0.1) is 5.69 Å². The van der Waals surface area contributed by atoms with Gasteiger partial charge in [0, 0.05) is 17.1 Å². The van der Waals surface area contributed by atoms with Crippen molar-refractivity contribution < 1.29 is 9.32 Å². The molecule has 7 heteroatoms. The Morgan fingerprint density at radius 3 is 2.86 bits per heavy atom. The maximum Gasteiger partial charge on any atom is 0.269 e. The van der Waals surface area contributed by atoms with E-state index in [1.165, 1.54) is 22.5 Å². The number of fused-ring (bicyclic) bond motifs is 2. The van der Waals surface area contributed by atoms with Gasteiger partial charge in [-0.1, -0.05) is 35.5 Å². The van der Waals surface area contributed by atoms with Crippen LogP contribution >= 0.6 is 11.3 Å². The quantitative estimate of drug-likeness (QED) is 0.516. The first-order valence-electron chi connectivity index (χ1n) is 9.59. The summed E-state index contributed by atoms with van der Waals surface area (Å²) in [6.45, 7) is 1.77. The summed E-state index contributed by atoms with van der Waals surface area (Å²) in [5, 5.41) is 7.39. The zero-order valence-corrected chi connectivity index (χ0v) is 16.8. The van der Waals surface area contributed by atoms with Crippen molar-refractivity contribution in [2.24, 2.45) is 0 Å². The Morgan fingerprint density at radius 2 is 2.10 bits per heavy atom. The van der Waals surface area contributed by atoms with Crippen molar-refractivity contribution in [3.63, 3.8) is 0 Å². The molecule has 0 saturated carbocycles. The lowest BCUT2D eigenvalue weighted by Crippen LogP contribution is -2.14. The highest BCUT2D eigenvalue weighted by Gasteiger charge is 2.24. The number of nitrogens with one attached hydrogen (secondary N) is 1. The number of nitrogens with zero attached hydrogens (tertiary/aromatic N) is 2. The van der Waals surface area contributed by atoms with Crippen LogP contribution < -0.4 is 11.1 Å². The molecule has 0 saturated heterocycles. The van der Waals surface area contributed by atoms with Gasteiger partial charge in [0.2, 0.25) is 0 Å². The molecule has 3 aromatic heterocycles. The molecular formula is C22H20N4O2S. The first kappa shape index (κ1) is 17.9. The fourth-order valence-electron chi connectivity index (χ4n) is 3.97. The Morgan fingerprint density at radius 1 is 1.28 bits per heavy atom. The highest BCUT2D eigenvalue weighted by molar-refractivity contribution is 7.21.